The lowest BCUT2D eigenvalue weighted by atomic mass is 10.2. The zero-order valence-electron chi connectivity index (χ0n) is 7.24. The average molecular weight is 157 g/mol. The summed E-state index contributed by atoms with van der Waals surface area (Å²) in [6, 6.07) is -0.0186. The highest BCUT2D eigenvalue weighted by Crippen LogP contribution is 1.97. The zero-order chi connectivity index (χ0) is 8.85. The number of nitrogens with zero attached hydrogens (tertiary/aromatic N) is 2. The zero-order valence-corrected chi connectivity index (χ0v) is 7.24. The topological polar surface area (TPSA) is 58.7 Å². The standard InChI is InChI=1S/C7H15N3O/c1-6(9-5-8)4-7(11)10(2)3/h5-6H,4H2,1-3H3,(H2,8,9). The van der Waals surface area contributed by atoms with Crippen LogP contribution in [0.2, 0.25) is 0 Å². The Kier molecular flexibility index (Phi) is 4.26. The van der Waals surface area contributed by atoms with Crippen LogP contribution in [0, 0.1) is 0 Å². The first kappa shape index (κ1) is 9.94. The van der Waals surface area contributed by atoms with Gasteiger partial charge >= 0.3 is 0 Å². The van der Waals surface area contributed by atoms with Crippen molar-refractivity contribution in [2.75, 3.05) is 14.1 Å². The van der Waals surface area contributed by atoms with E-state index in [9.17, 15) is 4.79 Å². The SMILES string of the molecule is CC(CC(=O)N(C)C)N=CN. The van der Waals surface area contributed by atoms with E-state index in [-0.39, 0.29) is 11.9 Å². The minimum Gasteiger partial charge on any atom is -0.390 e. The first-order valence-electron chi connectivity index (χ1n) is 3.51. The van der Waals surface area contributed by atoms with Crippen LogP contribution in [-0.2, 0) is 4.79 Å². The van der Waals surface area contributed by atoms with Crippen LogP contribution in [0.4, 0.5) is 0 Å². The predicted octanol–water partition coefficient (Wildman–Crippen LogP) is -0.160. The van der Waals surface area contributed by atoms with Crippen molar-refractivity contribution < 1.29 is 4.79 Å². The van der Waals surface area contributed by atoms with Crippen LogP contribution in [0.5, 0.6) is 0 Å². The van der Waals surface area contributed by atoms with Crippen molar-refractivity contribution in [1.82, 2.24) is 4.90 Å². The van der Waals surface area contributed by atoms with Gasteiger partial charge in [-0.25, -0.2) is 0 Å². The maximum Gasteiger partial charge on any atom is 0.224 e. The number of nitrogens with two attached hydrogens (primary N) is 1. The molecule has 0 aromatic heterocycles. The van der Waals surface area contributed by atoms with Crippen LogP contribution in [-0.4, -0.2) is 37.3 Å². The summed E-state index contributed by atoms with van der Waals surface area (Å²) in [5, 5.41) is 0. The summed E-state index contributed by atoms with van der Waals surface area (Å²) in [5.74, 6) is 0.0723. The molecule has 1 atom stereocenters. The van der Waals surface area contributed by atoms with Crippen molar-refractivity contribution in [2.45, 2.75) is 19.4 Å². The van der Waals surface area contributed by atoms with E-state index in [1.807, 2.05) is 6.92 Å². The molecule has 11 heavy (non-hydrogen) atoms. The molecule has 0 aliphatic carbocycles. The van der Waals surface area contributed by atoms with E-state index in [1.165, 1.54) is 6.34 Å². The lowest BCUT2D eigenvalue weighted by Gasteiger charge is -2.11. The minimum atomic E-state index is -0.0186. The van der Waals surface area contributed by atoms with Gasteiger partial charge < -0.3 is 10.6 Å². The Balaban J connectivity index is 3.75. The van der Waals surface area contributed by atoms with Gasteiger partial charge in [-0.2, -0.15) is 0 Å². The molecule has 0 spiro atoms. The first-order valence-corrected chi connectivity index (χ1v) is 3.51. The lowest BCUT2D eigenvalue weighted by molar-refractivity contribution is -0.128. The van der Waals surface area contributed by atoms with Gasteiger partial charge in [0.05, 0.1) is 12.4 Å². The molecule has 0 radical (unpaired) electrons. The van der Waals surface area contributed by atoms with Gasteiger partial charge in [-0.1, -0.05) is 0 Å². The second kappa shape index (κ2) is 4.71. The largest absolute Gasteiger partial charge is 0.390 e. The van der Waals surface area contributed by atoms with Gasteiger partial charge in [0.2, 0.25) is 5.91 Å². The van der Waals surface area contributed by atoms with Crippen LogP contribution < -0.4 is 5.73 Å². The number of amides is 1. The van der Waals surface area contributed by atoms with Crippen LogP contribution in [0.1, 0.15) is 13.3 Å². The number of hydrogen-bond acceptors (Lipinski definition) is 2. The van der Waals surface area contributed by atoms with Gasteiger partial charge in [-0.05, 0) is 6.92 Å². The Labute approximate surface area is 67.1 Å². The smallest absolute Gasteiger partial charge is 0.224 e. The summed E-state index contributed by atoms with van der Waals surface area (Å²) in [7, 11) is 3.45. The van der Waals surface area contributed by atoms with Gasteiger partial charge in [0.1, 0.15) is 0 Å². The van der Waals surface area contributed by atoms with Gasteiger partial charge in [0.15, 0.2) is 0 Å². The number of aliphatic imine (C=N–C) groups is 1. The van der Waals surface area contributed by atoms with Crippen molar-refractivity contribution in [1.29, 1.82) is 0 Å². The number of carbonyl (C=O) groups is 1. The van der Waals surface area contributed by atoms with E-state index in [0.29, 0.717) is 6.42 Å². The number of carbonyl (C=O) groups excluding carboxylic acids is 1. The van der Waals surface area contributed by atoms with Crippen molar-refractivity contribution in [3.05, 3.63) is 0 Å². The molecule has 0 aliphatic rings. The summed E-state index contributed by atoms with van der Waals surface area (Å²) >= 11 is 0. The van der Waals surface area contributed by atoms with Gasteiger partial charge in [-0.15, -0.1) is 0 Å². The molecule has 0 aliphatic heterocycles. The molecule has 4 nitrogen and oxygen atoms in total. The molecule has 2 N–H and O–H groups in total. The summed E-state index contributed by atoms with van der Waals surface area (Å²) in [6.07, 6.45) is 1.65. The van der Waals surface area contributed by atoms with Crippen LogP contribution >= 0.6 is 0 Å². The average Bonchev–Trinajstić information content (AvgIpc) is 1.87. The minimum absolute atomic E-state index is 0.0186. The van der Waals surface area contributed by atoms with E-state index < -0.39 is 0 Å². The molecule has 0 fully saturated rings. The first-order chi connectivity index (χ1) is 5.07. The number of rotatable bonds is 3. The summed E-state index contributed by atoms with van der Waals surface area (Å²) < 4.78 is 0. The fourth-order valence-corrected chi connectivity index (χ4v) is 0.635. The van der Waals surface area contributed by atoms with Crippen molar-refractivity contribution >= 4 is 12.2 Å². The van der Waals surface area contributed by atoms with Gasteiger partial charge in [0, 0.05) is 20.5 Å². The van der Waals surface area contributed by atoms with Crippen molar-refractivity contribution in [3.63, 3.8) is 0 Å². The maximum absolute atomic E-state index is 11.0. The molecule has 4 heteroatoms. The second-order valence-corrected chi connectivity index (χ2v) is 2.64. The molecular weight excluding hydrogens is 142 g/mol. The van der Waals surface area contributed by atoms with E-state index in [4.69, 9.17) is 5.73 Å². The van der Waals surface area contributed by atoms with Crippen molar-refractivity contribution in [2.24, 2.45) is 10.7 Å². The fourth-order valence-electron chi connectivity index (χ4n) is 0.635. The molecule has 0 heterocycles. The number of hydrogen-bond donors (Lipinski definition) is 1. The monoisotopic (exact) mass is 157 g/mol. The molecule has 1 unspecified atom stereocenters. The Bertz CT molecular complexity index is 154. The third-order valence-corrected chi connectivity index (χ3v) is 1.31. The van der Waals surface area contributed by atoms with Crippen molar-refractivity contribution in [3.8, 4) is 0 Å². The third kappa shape index (κ3) is 4.36. The molecule has 64 valence electrons. The van der Waals surface area contributed by atoms with E-state index in [2.05, 4.69) is 4.99 Å². The second-order valence-electron chi connectivity index (χ2n) is 2.64. The summed E-state index contributed by atoms with van der Waals surface area (Å²) in [4.78, 5) is 16.4. The molecular formula is C7H15N3O. The quantitative estimate of drug-likeness (QED) is 0.457. The Morgan fingerprint density at radius 3 is 2.64 bits per heavy atom. The summed E-state index contributed by atoms with van der Waals surface area (Å²) in [5.41, 5.74) is 5.06. The normalized spacial score (nSPS) is 13.4. The Hall–Kier alpha value is -1.06. The molecule has 0 rings (SSSR count). The molecule has 0 bridgehead atoms. The molecule has 0 saturated carbocycles. The highest BCUT2D eigenvalue weighted by Gasteiger charge is 2.07. The molecule has 1 amide bonds. The Morgan fingerprint density at radius 2 is 2.27 bits per heavy atom. The van der Waals surface area contributed by atoms with Crippen LogP contribution in [0.15, 0.2) is 4.99 Å². The van der Waals surface area contributed by atoms with Crippen LogP contribution in [0.3, 0.4) is 0 Å². The Morgan fingerprint density at radius 1 is 1.73 bits per heavy atom. The van der Waals surface area contributed by atoms with Crippen LogP contribution in [0.25, 0.3) is 0 Å². The van der Waals surface area contributed by atoms with E-state index in [1.54, 1.807) is 19.0 Å². The van der Waals surface area contributed by atoms with Gasteiger partial charge in [-0.3, -0.25) is 9.79 Å². The molecule has 0 aromatic rings. The van der Waals surface area contributed by atoms with Gasteiger partial charge in [0.25, 0.3) is 0 Å². The third-order valence-electron chi connectivity index (χ3n) is 1.31. The maximum atomic E-state index is 11.0. The molecule has 0 saturated heterocycles. The van der Waals surface area contributed by atoms with E-state index >= 15 is 0 Å². The lowest BCUT2D eigenvalue weighted by Crippen LogP contribution is -2.24. The highest BCUT2D eigenvalue weighted by molar-refractivity contribution is 5.76. The predicted molar refractivity (Wildman–Crippen MR) is 45.5 cm³/mol. The van der Waals surface area contributed by atoms with E-state index in [0.717, 1.165) is 0 Å². The fraction of sp³-hybridized carbons (Fsp3) is 0.714. The molecule has 0 aromatic carbocycles. The summed E-state index contributed by atoms with van der Waals surface area (Å²) in [6.45, 7) is 1.85. The highest BCUT2D eigenvalue weighted by atomic mass is 16.2.